The van der Waals surface area contributed by atoms with Crippen LogP contribution in [-0.4, -0.2) is 42.5 Å². The first kappa shape index (κ1) is 28.2. The summed E-state index contributed by atoms with van der Waals surface area (Å²) in [7, 11) is -4.35. The Balaban J connectivity index is 0.00000441. The SMILES string of the molecule is CC(C)Oc1c(F)cc(-c2ccc(C(=O)NS(=O)(=O)c3cccc(N)n3)c(N3C[C@@H](C)CC3(C)C)n2)cc1F.[HH]. The Kier molecular flexibility index (Phi) is 7.53. The maximum Gasteiger partial charge on any atom is 0.281 e. The quantitative estimate of drug-likeness (QED) is 0.422. The van der Waals surface area contributed by atoms with Crippen molar-refractivity contribution in [2.45, 2.75) is 57.7 Å². The lowest BCUT2D eigenvalue weighted by atomic mass is 9.97. The summed E-state index contributed by atoms with van der Waals surface area (Å²) in [5, 5.41) is -0.410. The number of hydrogen-bond donors (Lipinski definition) is 2. The van der Waals surface area contributed by atoms with Gasteiger partial charge in [-0.2, -0.15) is 8.42 Å². The van der Waals surface area contributed by atoms with Gasteiger partial charge in [0.05, 0.1) is 17.4 Å². The highest BCUT2D eigenvalue weighted by atomic mass is 32.2. The third-order valence-electron chi connectivity index (χ3n) is 6.34. The Labute approximate surface area is 227 Å². The van der Waals surface area contributed by atoms with Crippen LogP contribution in [0.15, 0.2) is 47.5 Å². The Morgan fingerprint density at radius 3 is 2.41 bits per heavy atom. The van der Waals surface area contributed by atoms with E-state index < -0.39 is 50.0 Å². The summed E-state index contributed by atoms with van der Waals surface area (Å²) in [6, 6.07) is 9.07. The maximum absolute atomic E-state index is 14.8. The number of pyridine rings is 2. The first-order valence-corrected chi connectivity index (χ1v) is 13.9. The van der Waals surface area contributed by atoms with Crippen LogP contribution in [0.25, 0.3) is 11.3 Å². The molecule has 1 saturated heterocycles. The fraction of sp³-hybridized carbons (Fsp3) is 0.370. The number of nitrogens with zero attached hydrogens (tertiary/aromatic N) is 3. The molecule has 12 heteroatoms. The average molecular weight is 562 g/mol. The van der Waals surface area contributed by atoms with E-state index in [4.69, 9.17) is 10.5 Å². The lowest BCUT2D eigenvalue weighted by Gasteiger charge is -2.34. The van der Waals surface area contributed by atoms with E-state index in [0.717, 1.165) is 18.6 Å². The van der Waals surface area contributed by atoms with Gasteiger partial charge in [0.25, 0.3) is 15.9 Å². The van der Waals surface area contributed by atoms with Crippen LogP contribution in [0.4, 0.5) is 20.4 Å². The number of amides is 1. The molecule has 4 rings (SSSR count). The van der Waals surface area contributed by atoms with Gasteiger partial charge in [-0.05, 0) is 76.4 Å². The van der Waals surface area contributed by atoms with Crippen molar-refractivity contribution >= 4 is 27.6 Å². The number of carbonyl (C=O) groups excluding carboxylic acids is 1. The highest BCUT2D eigenvalue weighted by Gasteiger charge is 2.39. The van der Waals surface area contributed by atoms with Gasteiger partial charge in [0.2, 0.25) is 0 Å². The fourth-order valence-electron chi connectivity index (χ4n) is 4.82. The molecule has 2 aromatic heterocycles. The molecular formula is C27H33F2N5O4S. The molecule has 1 fully saturated rings. The van der Waals surface area contributed by atoms with Gasteiger partial charge in [-0.3, -0.25) is 4.79 Å². The van der Waals surface area contributed by atoms with Crippen LogP contribution in [0.2, 0.25) is 0 Å². The summed E-state index contributed by atoms with van der Waals surface area (Å²) in [6.07, 6.45) is 0.358. The number of carbonyl (C=O) groups is 1. The zero-order chi connectivity index (χ0) is 28.7. The Morgan fingerprint density at radius 2 is 1.85 bits per heavy atom. The van der Waals surface area contributed by atoms with Crippen LogP contribution in [0, 0.1) is 17.6 Å². The number of rotatable bonds is 7. The molecule has 3 aromatic rings. The van der Waals surface area contributed by atoms with Gasteiger partial charge in [0.15, 0.2) is 22.4 Å². The van der Waals surface area contributed by atoms with Crippen molar-refractivity contribution in [2.75, 3.05) is 17.2 Å². The van der Waals surface area contributed by atoms with Crippen LogP contribution in [0.5, 0.6) is 5.75 Å². The molecule has 0 spiro atoms. The van der Waals surface area contributed by atoms with Crippen molar-refractivity contribution in [3.8, 4) is 17.0 Å². The number of halogens is 2. The number of aromatic nitrogens is 2. The second kappa shape index (κ2) is 10.4. The fourth-order valence-corrected chi connectivity index (χ4v) is 5.76. The van der Waals surface area contributed by atoms with Crippen LogP contribution >= 0.6 is 0 Å². The average Bonchev–Trinajstić information content (AvgIpc) is 3.12. The van der Waals surface area contributed by atoms with Gasteiger partial charge in [0.1, 0.15) is 11.6 Å². The molecular weight excluding hydrogens is 528 g/mol. The summed E-state index contributed by atoms with van der Waals surface area (Å²) >= 11 is 0. The molecule has 0 radical (unpaired) electrons. The maximum atomic E-state index is 14.8. The van der Waals surface area contributed by atoms with Gasteiger partial charge in [0, 0.05) is 19.1 Å². The van der Waals surface area contributed by atoms with Crippen molar-refractivity contribution in [1.82, 2.24) is 14.7 Å². The zero-order valence-corrected chi connectivity index (χ0v) is 23.1. The molecule has 0 bridgehead atoms. The minimum absolute atomic E-state index is 0. The number of nitrogen functional groups attached to an aromatic ring is 1. The molecule has 0 aliphatic carbocycles. The van der Waals surface area contributed by atoms with E-state index in [9.17, 15) is 22.0 Å². The Bertz CT molecular complexity index is 1510. The predicted molar refractivity (Wildman–Crippen MR) is 146 cm³/mol. The number of anilines is 2. The highest BCUT2D eigenvalue weighted by molar-refractivity contribution is 7.90. The first-order valence-electron chi connectivity index (χ1n) is 12.4. The van der Waals surface area contributed by atoms with Crippen LogP contribution in [0.3, 0.4) is 0 Å². The largest absolute Gasteiger partial charge is 0.485 e. The van der Waals surface area contributed by atoms with E-state index in [2.05, 4.69) is 16.9 Å². The van der Waals surface area contributed by atoms with Gasteiger partial charge >= 0.3 is 0 Å². The van der Waals surface area contributed by atoms with Crippen LogP contribution in [0.1, 0.15) is 52.8 Å². The van der Waals surface area contributed by atoms with Gasteiger partial charge in [-0.15, -0.1) is 0 Å². The first-order chi connectivity index (χ1) is 18.2. The number of nitrogens with one attached hydrogen (secondary N) is 1. The zero-order valence-electron chi connectivity index (χ0n) is 22.3. The van der Waals surface area contributed by atoms with Gasteiger partial charge < -0.3 is 15.4 Å². The molecule has 1 aromatic carbocycles. The van der Waals surface area contributed by atoms with E-state index in [-0.39, 0.29) is 35.8 Å². The number of benzene rings is 1. The smallest absolute Gasteiger partial charge is 0.281 e. The van der Waals surface area contributed by atoms with E-state index in [0.29, 0.717) is 6.54 Å². The van der Waals surface area contributed by atoms with Gasteiger partial charge in [-0.1, -0.05) is 13.0 Å². The molecule has 210 valence electrons. The van der Waals surface area contributed by atoms with E-state index in [1.54, 1.807) is 13.8 Å². The Morgan fingerprint density at radius 1 is 1.18 bits per heavy atom. The summed E-state index contributed by atoms with van der Waals surface area (Å²) in [5.74, 6) is -2.77. The van der Waals surface area contributed by atoms with E-state index in [1.165, 1.54) is 30.3 Å². The van der Waals surface area contributed by atoms with Crippen LogP contribution in [-0.2, 0) is 10.0 Å². The number of hydrogen-bond acceptors (Lipinski definition) is 8. The predicted octanol–water partition coefficient (Wildman–Crippen LogP) is 4.78. The van der Waals surface area contributed by atoms with Crippen molar-refractivity contribution in [3.63, 3.8) is 0 Å². The minimum Gasteiger partial charge on any atom is -0.485 e. The number of nitrogens with two attached hydrogens (primary N) is 1. The molecule has 0 unspecified atom stereocenters. The Hall–Kier alpha value is -3.80. The highest BCUT2D eigenvalue weighted by Crippen LogP contribution is 2.39. The second-order valence-corrected chi connectivity index (χ2v) is 12.2. The van der Waals surface area contributed by atoms with Crippen molar-refractivity contribution in [3.05, 3.63) is 59.7 Å². The molecule has 1 aliphatic rings. The lowest BCUT2D eigenvalue weighted by Crippen LogP contribution is -2.41. The normalized spacial score (nSPS) is 16.9. The van der Waals surface area contributed by atoms with Gasteiger partial charge in [-0.25, -0.2) is 23.5 Å². The summed E-state index contributed by atoms with van der Waals surface area (Å²) in [6.45, 7) is 9.88. The monoisotopic (exact) mass is 561 g/mol. The summed E-state index contributed by atoms with van der Waals surface area (Å²) < 4.78 is 62.6. The summed E-state index contributed by atoms with van der Waals surface area (Å²) in [4.78, 5) is 23.7. The molecule has 1 atom stereocenters. The summed E-state index contributed by atoms with van der Waals surface area (Å²) in [5.41, 5.74) is 5.49. The number of ether oxygens (including phenoxy) is 1. The minimum atomic E-state index is -4.35. The van der Waals surface area contributed by atoms with Crippen LogP contribution < -0.4 is 20.1 Å². The molecule has 3 heterocycles. The standard InChI is InChI=1S/C27H31F2N5O4S.H2/c1-15(2)38-24-19(28)11-17(12-20(24)29)21-10-9-18(25(31-21)34-14-16(3)13-27(34,4)5)26(35)33-39(36,37)23-8-6-7-22(30)32-23;/h6-12,15-16H,13-14H2,1-5H3,(H2,30,32)(H,33,35);1H/t16-;/m0./s1. The molecule has 0 saturated carbocycles. The molecule has 9 nitrogen and oxygen atoms in total. The topological polar surface area (TPSA) is 128 Å². The molecule has 39 heavy (non-hydrogen) atoms. The third kappa shape index (κ3) is 5.95. The molecule has 1 aliphatic heterocycles. The third-order valence-corrected chi connectivity index (χ3v) is 7.58. The van der Waals surface area contributed by atoms with Crippen molar-refractivity contribution < 1.29 is 28.2 Å². The van der Waals surface area contributed by atoms with E-state index in [1.807, 2.05) is 23.5 Å². The number of sulfonamides is 1. The molecule has 3 N–H and O–H groups in total. The second-order valence-electron chi connectivity index (χ2n) is 10.6. The van der Waals surface area contributed by atoms with Crippen molar-refractivity contribution in [1.29, 1.82) is 0 Å². The molecule has 1 amide bonds. The van der Waals surface area contributed by atoms with E-state index >= 15 is 0 Å². The lowest BCUT2D eigenvalue weighted by molar-refractivity contribution is 0.0981. The van der Waals surface area contributed by atoms with Crippen molar-refractivity contribution in [2.24, 2.45) is 5.92 Å².